The maximum atomic E-state index is 13.2. The molecular weight excluding hydrogens is 536 g/mol. The lowest BCUT2D eigenvalue weighted by atomic mass is 9.93. The predicted octanol–water partition coefficient (Wildman–Crippen LogP) is 4.90. The van der Waals surface area contributed by atoms with Crippen molar-refractivity contribution in [2.75, 3.05) is 27.3 Å². The lowest BCUT2D eigenvalue weighted by Gasteiger charge is -2.32. The van der Waals surface area contributed by atoms with E-state index in [-0.39, 0.29) is 24.7 Å². The zero-order valence-electron chi connectivity index (χ0n) is 22.8. The fourth-order valence-corrected chi connectivity index (χ4v) is 5.91. The summed E-state index contributed by atoms with van der Waals surface area (Å²) < 4.78 is 20.1. The Labute approximate surface area is 237 Å². The highest BCUT2D eigenvalue weighted by Gasteiger charge is 2.36. The van der Waals surface area contributed by atoms with Gasteiger partial charge in [0, 0.05) is 42.1 Å². The van der Waals surface area contributed by atoms with Gasteiger partial charge in [0.25, 0.3) is 0 Å². The molecule has 3 aromatic rings. The Kier molecular flexibility index (Phi) is 8.27. The van der Waals surface area contributed by atoms with Crippen molar-refractivity contribution >= 4 is 23.5 Å². The van der Waals surface area contributed by atoms with E-state index in [9.17, 15) is 9.59 Å². The first-order valence-electron chi connectivity index (χ1n) is 13.4. The molecule has 2 aromatic carbocycles. The van der Waals surface area contributed by atoms with Gasteiger partial charge >= 0.3 is 5.97 Å². The molecule has 5 rings (SSSR count). The number of rotatable bonds is 8. The number of carbonyl (C=O) groups is 2. The van der Waals surface area contributed by atoms with Gasteiger partial charge in [-0.25, -0.2) is 0 Å². The van der Waals surface area contributed by atoms with Gasteiger partial charge in [0.15, 0.2) is 17.3 Å². The number of piperidine rings is 1. The van der Waals surface area contributed by atoms with Gasteiger partial charge in [0.05, 0.1) is 19.9 Å². The van der Waals surface area contributed by atoms with Crippen molar-refractivity contribution in [2.24, 2.45) is 5.92 Å². The molecule has 0 bridgehead atoms. The number of carboxylic acid groups (broad SMARTS) is 1. The normalized spacial score (nSPS) is 18.9. The van der Waals surface area contributed by atoms with Crippen molar-refractivity contribution in [3.05, 3.63) is 64.2 Å². The van der Waals surface area contributed by atoms with Crippen LogP contribution in [0.2, 0.25) is 5.02 Å². The fourth-order valence-electron chi connectivity index (χ4n) is 5.72. The minimum Gasteiger partial charge on any atom is -0.493 e. The van der Waals surface area contributed by atoms with Gasteiger partial charge < -0.3 is 24.2 Å². The number of amides is 1. The molecular formula is C29H33ClN4O6. The summed E-state index contributed by atoms with van der Waals surface area (Å²) in [6, 6.07) is 11.3. The zero-order chi connectivity index (χ0) is 28.4. The van der Waals surface area contributed by atoms with Gasteiger partial charge in [-0.05, 0) is 56.4 Å². The van der Waals surface area contributed by atoms with E-state index in [1.165, 1.54) is 0 Å². The second-order valence-electron chi connectivity index (χ2n) is 10.2. The first-order chi connectivity index (χ1) is 19.3. The summed E-state index contributed by atoms with van der Waals surface area (Å²) in [5.41, 5.74) is 2.42. The maximum Gasteiger partial charge on any atom is 0.303 e. The molecule has 0 unspecified atom stereocenters. The molecule has 1 fully saturated rings. The van der Waals surface area contributed by atoms with Crippen LogP contribution in [0.3, 0.4) is 0 Å². The van der Waals surface area contributed by atoms with E-state index in [1.807, 2.05) is 52.8 Å². The van der Waals surface area contributed by atoms with Crippen LogP contribution in [0, 0.1) is 12.8 Å². The fraction of sp³-hybridized carbons (Fsp3) is 0.448. The first-order valence-corrected chi connectivity index (χ1v) is 13.8. The molecule has 2 aliphatic rings. The molecule has 2 atom stereocenters. The summed E-state index contributed by atoms with van der Waals surface area (Å²) in [5.74, 6) is 1.76. The maximum absolute atomic E-state index is 13.2. The summed E-state index contributed by atoms with van der Waals surface area (Å²) in [6.07, 6.45) is 1.02. The molecule has 212 valence electrons. The number of ether oxygens (including phenoxy) is 3. The molecule has 11 heteroatoms. The largest absolute Gasteiger partial charge is 0.493 e. The van der Waals surface area contributed by atoms with Gasteiger partial charge in [-0.1, -0.05) is 23.7 Å². The number of benzene rings is 2. The second-order valence-corrected chi connectivity index (χ2v) is 10.6. The molecule has 0 saturated carbocycles. The van der Waals surface area contributed by atoms with Crippen LogP contribution in [0.5, 0.6) is 11.5 Å². The summed E-state index contributed by atoms with van der Waals surface area (Å²) in [4.78, 5) is 26.1. The van der Waals surface area contributed by atoms with Crippen molar-refractivity contribution < 1.29 is 28.9 Å². The average molecular weight is 569 g/mol. The highest BCUT2D eigenvalue weighted by Crippen LogP contribution is 2.46. The minimum atomic E-state index is -0.792. The molecule has 2 aliphatic heterocycles. The summed E-state index contributed by atoms with van der Waals surface area (Å²) in [6.45, 7) is 3.00. The molecule has 40 heavy (non-hydrogen) atoms. The number of hydrogen-bond acceptors (Lipinski definition) is 7. The summed E-state index contributed by atoms with van der Waals surface area (Å²) in [5, 5.41) is 18.4. The molecule has 1 saturated heterocycles. The Balaban J connectivity index is 1.46. The van der Waals surface area contributed by atoms with Gasteiger partial charge in [-0.3, -0.25) is 14.2 Å². The van der Waals surface area contributed by atoms with Crippen molar-refractivity contribution in [1.82, 2.24) is 19.7 Å². The lowest BCUT2D eigenvalue weighted by molar-refractivity contribution is -0.138. The average Bonchev–Trinajstić information content (AvgIpc) is 3.27. The molecule has 0 radical (unpaired) electrons. The Morgan fingerprint density at radius 1 is 1.10 bits per heavy atom. The van der Waals surface area contributed by atoms with E-state index >= 15 is 0 Å². The van der Waals surface area contributed by atoms with Crippen molar-refractivity contribution in [3.8, 4) is 17.2 Å². The van der Waals surface area contributed by atoms with Crippen LogP contribution in [-0.2, 0) is 14.3 Å². The van der Waals surface area contributed by atoms with E-state index in [2.05, 4.69) is 10.2 Å². The molecule has 1 amide bonds. The Morgan fingerprint density at radius 2 is 1.88 bits per heavy atom. The second kappa shape index (κ2) is 11.9. The number of para-hydroxylation sites is 1. The zero-order valence-corrected chi connectivity index (χ0v) is 23.6. The third-order valence-electron chi connectivity index (χ3n) is 7.72. The minimum absolute atomic E-state index is 0.0143. The SMILES string of the molecule is COc1cccc([C@@H]2O[C@@H](CCC(=O)N3CCC(CC(=O)O)CC3)c3nnc(C)n3-c3ccc(Cl)cc32)c1OC. The van der Waals surface area contributed by atoms with Gasteiger partial charge in [0.1, 0.15) is 18.0 Å². The Morgan fingerprint density at radius 3 is 2.58 bits per heavy atom. The highest BCUT2D eigenvalue weighted by atomic mass is 35.5. The van der Waals surface area contributed by atoms with Crippen LogP contribution in [0.4, 0.5) is 0 Å². The van der Waals surface area contributed by atoms with Crippen LogP contribution >= 0.6 is 11.6 Å². The molecule has 0 aliphatic carbocycles. The lowest BCUT2D eigenvalue weighted by Crippen LogP contribution is -2.39. The number of carboxylic acids is 1. The van der Waals surface area contributed by atoms with Crippen LogP contribution in [0.25, 0.3) is 5.69 Å². The smallest absolute Gasteiger partial charge is 0.303 e. The van der Waals surface area contributed by atoms with Crippen molar-refractivity contribution in [2.45, 2.75) is 51.2 Å². The third-order valence-corrected chi connectivity index (χ3v) is 7.95. The number of methoxy groups -OCH3 is 2. The van der Waals surface area contributed by atoms with Crippen LogP contribution in [0.1, 0.15) is 67.1 Å². The van der Waals surface area contributed by atoms with Crippen LogP contribution in [0.15, 0.2) is 36.4 Å². The predicted molar refractivity (Wildman–Crippen MR) is 147 cm³/mol. The topological polar surface area (TPSA) is 116 Å². The molecule has 10 nitrogen and oxygen atoms in total. The Hall–Kier alpha value is -3.63. The van der Waals surface area contributed by atoms with Crippen molar-refractivity contribution in [3.63, 3.8) is 0 Å². The van der Waals surface area contributed by atoms with Gasteiger partial charge in [-0.2, -0.15) is 0 Å². The number of aromatic nitrogens is 3. The number of fused-ring (bicyclic) bond motifs is 3. The molecule has 1 aromatic heterocycles. The molecule has 1 N–H and O–H groups in total. The number of carbonyl (C=O) groups excluding carboxylic acids is 1. The third kappa shape index (κ3) is 5.51. The monoisotopic (exact) mass is 568 g/mol. The quantitative estimate of drug-likeness (QED) is 0.408. The molecule has 3 heterocycles. The van der Waals surface area contributed by atoms with E-state index in [1.54, 1.807) is 14.2 Å². The van der Waals surface area contributed by atoms with Crippen molar-refractivity contribution in [1.29, 1.82) is 0 Å². The highest BCUT2D eigenvalue weighted by molar-refractivity contribution is 6.30. The van der Waals surface area contributed by atoms with E-state index < -0.39 is 18.2 Å². The standard InChI is InChI=1S/C29H33ClN4O6/c1-17-31-32-29-24(9-10-25(35)33-13-11-18(12-14-33)15-26(36)37)40-27(20-5-4-6-23(38-2)28(20)39-3)21-16-19(30)7-8-22(21)34(17)29/h4-8,16,18,24,27H,9-15H2,1-3H3,(H,36,37)/t24-,27-/m0/s1. The summed E-state index contributed by atoms with van der Waals surface area (Å²) in [7, 11) is 3.18. The van der Waals surface area contributed by atoms with Gasteiger partial charge in [-0.15, -0.1) is 10.2 Å². The van der Waals surface area contributed by atoms with E-state index in [0.29, 0.717) is 60.5 Å². The number of hydrogen-bond donors (Lipinski definition) is 1. The number of likely N-dealkylation sites (tertiary alicyclic amines) is 1. The number of aryl methyl sites for hydroxylation is 1. The molecule has 0 spiro atoms. The first kappa shape index (κ1) is 27.9. The Bertz CT molecular complexity index is 1400. The van der Waals surface area contributed by atoms with Crippen LogP contribution in [-0.4, -0.2) is 64.0 Å². The van der Waals surface area contributed by atoms with Crippen LogP contribution < -0.4 is 9.47 Å². The van der Waals surface area contributed by atoms with E-state index in [0.717, 1.165) is 16.8 Å². The van der Waals surface area contributed by atoms with E-state index in [4.69, 9.17) is 30.9 Å². The number of aliphatic carboxylic acids is 1. The number of nitrogens with zero attached hydrogens (tertiary/aromatic N) is 4. The number of halogens is 1. The summed E-state index contributed by atoms with van der Waals surface area (Å²) >= 11 is 6.48. The van der Waals surface area contributed by atoms with Gasteiger partial charge in [0.2, 0.25) is 5.91 Å².